The number of halogens is 3. The molecule has 0 bridgehead atoms. The van der Waals surface area contributed by atoms with E-state index in [1.807, 2.05) is 4.72 Å². The van der Waals surface area contributed by atoms with Crippen molar-refractivity contribution in [2.24, 2.45) is 0 Å². The number of ether oxygens (including phenoxy) is 1. The molecular formula is C13H11F3N2O4S2. The summed E-state index contributed by atoms with van der Waals surface area (Å²) in [5, 5.41) is -0.575. The average Bonchev–Trinajstić information content (AvgIpc) is 2.92. The number of esters is 1. The van der Waals surface area contributed by atoms with Gasteiger partial charge in [0.15, 0.2) is 10.8 Å². The summed E-state index contributed by atoms with van der Waals surface area (Å²) in [5.74, 6) is -1.22. The lowest BCUT2D eigenvalue weighted by Gasteiger charge is -2.05. The summed E-state index contributed by atoms with van der Waals surface area (Å²) >= 11 is 0.260. The van der Waals surface area contributed by atoms with E-state index in [0.29, 0.717) is 0 Å². The van der Waals surface area contributed by atoms with Crippen LogP contribution in [0.3, 0.4) is 0 Å². The number of sulfonamides is 1. The minimum absolute atomic E-state index is 0.126. The van der Waals surface area contributed by atoms with Crippen molar-refractivity contribution in [2.45, 2.75) is 18.0 Å². The molecule has 1 aromatic carbocycles. The molecule has 0 aliphatic carbocycles. The largest absolute Gasteiger partial charge is 0.462 e. The third-order valence-corrected chi connectivity index (χ3v) is 5.07. The van der Waals surface area contributed by atoms with Crippen molar-refractivity contribution < 1.29 is 31.1 Å². The Morgan fingerprint density at radius 2 is 1.92 bits per heavy atom. The summed E-state index contributed by atoms with van der Waals surface area (Å²) in [6.45, 7) is 1.31. The fourth-order valence-corrected chi connectivity index (χ4v) is 3.80. The molecule has 0 saturated carbocycles. The van der Waals surface area contributed by atoms with Gasteiger partial charge < -0.3 is 4.74 Å². The molecular weight excluding hydrogens is 369 g/mol. The lowest BCUT2D eigenvalue weighted by atomic mass is 10.3. The molecule has 24 heavy (non-hydrogen) atoms. The van der Waals surface area contributed by atoms with Crippen LogP contribution in [0.5, 0.6) is 0 Å². The van der Waals surface area contributed by atoms with Crippen LogP contribution in [0, 0.1) is 0 Å². The number of nitrogens with one attached hydrogen (secondary N) is 1. The Balaban J connectivity index is 2.40. The van der Waals surface area contributed by atoms with Gasteiger partial charge in [-0.25, -0.2) is 18.2 Å². The zero-order valence-electron chi connectivity index (χ0n) is 12.1. The van der Waals surface area contributed by atoms with Gasteiger partial charge in [0.2, 0.25) is 0 Å². The number of hydrogen-bond donors (Lipinski definition) is 1. The zero-order chi connectivity index (χ0) is 18.0. The van der Waals surface area contributed by atoms with Gasteiger partial charge in [0.1, 0.15) is 4.88 Å². The molecule has 0 saturated heterocycles. The molecule has 0 aliphatic heterocycles. The van der Waals surface area contributed by atoms with Crippen molar-refractivity contribution in [2.75, 3.05) is 11.3 Å². The number of rotatable bonds is 5. The fraction of sp³-hybridized carbons (Fsp3) is 0.231. The van der Waals surface area contributed by atoms with Crippen LogP contribution in [-0.4, -0.2) is 26.0 Å². The van der Waals surface area contributed by atoms with Crippen LogP contribution in [0.25, 0.3) is 0 Å². The van der Waals surface area contributed by atoms with Crippen LogP contribution in [-0.2, 0) is 20.9 Å². The third kappa shape index (κ3) is 4.03. The van der Waals surface area contributed by atoms with Crippen LogP contribution >= 0.6 is 11.3 Å². The predicted octanol–water partition coefficient (Wildman–Crippen LogP) is 3.14. The van der Waals surface area contributed by atoms with Crippen molar-refractivity contribution >= 4 is 32.5 Å². The Labute approximate surface area is 139 Å². The first kappa shape index (κ1) is 18.2. The second-order valence-corrected chi connectivity index (χ2v) is 7.02. The van der Waals surface area contributed by atoms with Gasteiger partial charge in [-0.05, 0) is 19.1 Å². The molecule has 2 aromatic rings. The molecule has 0 atom stereocenters. The van der Waals surface area contributed by atoms with Gasteiger partial charge >= 0.3 is 12.1 Å². The molecule has 0 radical (unpaired) electrons. The number of aromatic nitrogens is 1. The normalized spacial score (nSPS) is 12.0. The standard InChI is InChI=1S/C13H11F3N2O4S2/c1-2-22-11(19)9-10(13(14,15)16)17-12(23-9)18-24(20,21)8-6-4-3-5-7-8/h3-7H,2H2,1H3,(H,17,18). The topological polar surface area (TPSA) is 85.4 Å². The van der Waals surface area contributed by atoms with Gasteiger partial charge in [-0.3, -0.25) is 4.72 Å². The first-order valence-electron chi connectivity index (χ1n) is 6.48. The third-order valence-electron chi connectivity index (χ3n) is 2.63. The molecule has 1 N–H and O–H groups in total. The van der Waals surface area contributed by atoms with Crippen molar-refractivity contribution in [3.8, 4) is 0 Å². The highest BCUT2D eigenvalue weighted by Crippen LogP contribution is 2.37. The summed E-state index contributed by atoms with van der Waals surface area (Å²) in [6.07, 6.45) is -4.92. The van der Waals surface area contributed by atoms with Crippen LogP contribution in [0.2, 0.25) is 0 Å². The number of carbonyl (C=O) groups excluding carboxylic acids is 1. The van der Waals surface area contributed by atoms with Gasteiger partial charge in [0.05, 0.1) is 11.5 Å². The first-order chi connectivity index (χ1) is 11.1. The van der Waals surface area contributed by atoms with Crippen molar-refractivity contribution in [1.29, 1.82) is 0 Å². The maximum Gasteiger partial charge on any atom is 0.435 e. The summed E-state index contributed by atoms with van der Waals surface area (Å²) in [4.78, 5) is 13.9. The Bertz CT molecular complexity index is 833. The van der Waals surface area contributed by atoms with E-state index in [9.17, 15) is 26.4 Å². The summed E-state index contributed by atoms with van der Waals surface area (Å²) in [7, 11) is -4.12. The Morgan fingerprint density at radius 1 is 1.29 bits per heavy atom. The first-order valence-corrected chi connectivity index (χ1v) is 8.78. The van der Waals surface area contributed by atoms with Gasteiger partial charge in [-0.15, -0.1) is 0 Å². The minimum Gasteiger partial charge on any atom is -0.462 e. The predicted molar refractivity (Wildman–Crippen MR) is 80.3 cm³/mol. The van der Waals surface area contributed by atoms with Crippen molar-refractivity contribution in [1.82, 2.24) is 4.98 Å². The van der Waals surface area contributed by atoms with Gasteiger partial charge in [-0.1, -0.05) is 29.5 Å². The lowest BCUT2D eigenvalue weighted by Crippen LogP contribution is -2.14. The van der Waals surface area contributed by atoms with E-state index >= 15 is 0 Å². The molecule has 0 spiro atoms. The molecule has 0 amide bonds. The number of alkyl halides is 3. The van der Waals surface area contributed by atoms with E-state index < -0.39 is 37.9 Å². The Morgan fingerprint density at radius 3 is 2.46 bits per heavy atom. The highest BCUT2D eigenvalue weighted by atomic mass is 32.2. The molecule has 11 heteroatoms. The molecule has 2 rings (SSSR count). The SMILES string of the molecule is CCOC(=O)c1sc(NS(=O)(=O)c2ccccc2)nc1C(F)(F)F. The summed E-state index contributed by atoms with van der Waals surface area (Å²) in [6, 6.07) is 7.05. The van der Waals surface area contributed by atoms with Crippen molar-refractivity contribution in [3.05, 3.63) is 40.9 Å². The van der Waals surface area contributed by atoms with Crippen LogP contribution < -0.4 is 4.72 Å². The zero-order valence-corrected chi connectivity index (χ0v) is 13.8. The molecule has 0 unspecified atom stereocenters. The number of nitrogens with zero attached hydrogens (tertiary/aromatic N) is 1. The molecule has 1 aromatic heterocycles. The Kier molecular flexibility index (Phi) is 5.13. The van der Waals surface area contributed by atoms with Gasteiger partial charge in [-0.2, -0.15) is 13.2 Å². The van der Waals surface area contributed by atoms with Crippen LogP contribution in [0.15, 0.2) is 35.2 Å². The maximum absolute atomic E-state index is 13.0. The quantitative estimate of drug-likeness (QED) is 0.806. The molecule has 0 aliphatic rings. The minimum atomic E-state index is -4.92. The second kappa shape index (κ2) is 6.77. The number of carbonyl (C=O) groups is 1. The summed E-state index contributed by atoms with van der Waals surface area (Å²) < 4.78 is 69.7. The smallest absolute Gasteiger partial charge is 0.435 e. The average molecular weight is 380 g/mol. The van der Waals surface area contributed by atoms with E-state index in [-0.39, 0.29) is 22.8 Å². The van der Waals surface area contributed by atoms with E-state index in [1.165, 1.54) is 31.2 Å². The van der Waals surface area contributed by atoms with Gasteiger partial charge in [0.25, 0.3) is 10.0 Å². The van der Waals surface area contributed by atoms with E-state index in [1.54, 1.807) is 6.07 Å². The Hall–Kier alpha value is -2.14. The summed E-state index contributed by atoms with van der Waals surface area (Å²) in [5.41, 5.74) is -1.49. The number of thiazole rings is 1. The number of benzene rings is 1. The van der Waals surface area contributed by atoms with E-state index in [4.69, 9.17) is 0 Å². The molecule has 0 fully saturated rings. The number of anilines is 1. The molecule has 130 valence electrons. The van der Waals surface area contributed by atoms with E-state index in [2.05, 4.69) is 9.72 Å². The van der Waals surface area contributed by atoms with Crippen molar-refractivity contribution in [3.63, 3.8) is 0 Å². The second-order valence-electron chi connectivity index (χ2n) is 4.33. The lowest BCUT2D eigenvalue weighted by molar-refractivity contribution is -0.141. The maximum atomic E-state index is 13.0. The van der Waals surface area contributed by atoms with Gasteiger partial charge in [0, 0.05) is 0 Å². The molecule has 1 heterocycles. The van der Waals surface area contributed by atoms with Crippen LogP contribution in [0.1, 0.15) is 22.3 Å². The van der Waals surface area contributed by atoms with Crippen LogP contribution in [0.4, 0.5) is 18.3 Å². The fourth-order valence-electron chi connectivity index (χ4n) is 1.66. The van der Waals surface area contributed by atoms with E-state index in [0.717, 1.165) is 0 Å². The number of hydrogen-bond acceptors (Lipinski definition) is 6. The highest BCUT2D eigenvalue weighted by Gasteiger charge is 2.40. The monoisotopic (exact) mass is 380 g/mol. The molecule has 6 nitrogen and oxygen atoms in total. The highest BCUT2D eigenvalue weighted by molar-refractivity contribution is 7.93.